The Bertz CT molecular complexity index is 402. The molecule has 1 aliphatic rings. The summed E-state index contributed by atoms with van der Waals surface area (Å²) in [4.78, 5) is 11.9. The number of rotatable bonds is 7. The fourth-order valence-corrected chi connectivity index (χ4v) is 1.65. The van der Waals surface area contributed by atoms with Crippen LogP contribution in [0.2, 0.25) is 0 Å². The van der Waals surface area contributed by atoms with E-state index < -0.39 is 0 Å². The third-order valence-corrected chi connectivity index (χ3v) is 2.92. The minimum Gasteiger partial charge on any atom is -0.492 e. The first-order valence-corrected chi connectivity index (χ1v) is 6.42. The maximum absolute atomic E-state index is 11.9. The molecule has 4 nitrogen and oxygen atoms in total. The van der Waals surface area contributed by atoms with Gasteiger partial charge in [0.25, 0.3) is 5.91 Å². The summed E-state index contributed by atoms with van der Waals surface area (Å²) in [6.07, 6.45) is 3.02. The molecule has 4 heteroatoms. The fourth-order valence-electron chi connectivity index (χ4n) is 1.65. The molecule has 2 N–H and O–H groups in total. The highest BCUT2D eigenvalue weighted by Crippen LogP contribution is 2.30. The molecule has 1 amide bonds. The third-order valence-electron chi connectivity index (χ3n) is 2.92. The van der Waals surface area contributed by atoms with E-state index in [2.05, 4.69) is 5.32 Å². The summed E-state index contributed by atoms with van der Waals surface area (Å²) in [7, 11) is 0. The van der Waals surface area contributed by atoms with Crippen molar-refractivity contribution in [3.63, 3.8) is 0 Å². The van der Waals surface area contributed by atoms with E-state index in [9.17, 15) is 4.79 Å². The lowest BCUT2D eigenvalue weighted by Gasteiger charge is -2.11. The van der Waals surface area contributed by atoms with Crippen molar-refractivity contribution in [3.05, 3.63) is 29.8 Å². The molecule has 0 aliphatic heterocycles. The van der Waals surface area contributed by atoms with E-state index in [1.54, 1.807) is 6.07 Å². The molecule has 98 valence electrons. The van der Waals surface area contributed by atoms with Crippen LogP contribution >= 0.6 is 0 Å². The molecule has 0 aromatic heterocycles. The topological polar surface area (TPSA) is 58.6 Å². The molecule has 0 heterocycles. The molecule has 2 rings (SSSR count). The minimum atomic E-state index is -0.144. The maximum atomic E-state index is 11.9. The van der Waals surface area contributed by atoms with E-state index in [0.29, 0.717) is 36.8 Å². The van der Waals surface area contributed by atoms with Crippen molar-refractivity contribution in [1.29, 1.82) is 0 Å². The molecule has 18 heavy (non-hydrogen) atoms. The van der Waals surface area contributed by atoms with Gasteiger partial charge in [-0.2, -0.15) is 0 Å². The molecule has 0 spiro atoms. The fraction of sp³-hybridized carbons (Fsp3) is 0.500. The van der Waals surface area contributed by atoms with Gasteiger partial charge in [0.05, 0.1) is 12.2 Å². The number of nitrogens with one attached hydrogen (secondary N) is 1. The molecule has 1 fully saturated rings. The molecule has 0 saturated heterocycles. The van der Waals surface area contributed by atoms with Crippen LogP contribution in [0, 0.1) is 5.92 Å². The molecule has 0 unspecified atom stereocenters. The number of carbonyl (C=O) groups excluding carboxylic acids is 1. The zero-order valence-electron chi connectivity index (χ0n) is 10.4. The number of aliphatic hydroxyl groups is 1. The van der Waals surface area contributed by atoms with Gasteiger partial charge in [-0.15, -0.1) is 0 Å². The molecule has 1 aliphatic carbocycles. The van der Waals surface area contributed by atoms with Crippen molar-refractivity contribution in [2.75, 3.05) is 19.8 Å². The maximum Gasteiger partial charge on any atom is 0.255 e. The summed E-state index contributed by atoms with van der Waals surface area (Å²) in [6.45, 7) is 1.26. The van der Waals surface area contributed by atoms with Gasteiger partial charge in [0.15, 0.2) is 0 Å². The number of amides is 1. The Morgan fingerprint density at radius 3 is 2.89 bits per heavy atom. The van der Waals surface area contributed by atoms with Crippen molar-refractivity contribution < 1.29 is 14.6 Å². The number of carbonyl (C=O) groups is 1. The van der Waals surface area contributed by atoms with Crippen LogP contribution in [-0.2, 0) is 0 Å². The Kier molecular flexibility index (Phi) is 4.59. The van der Waals surface area contributed by atoms with Crippen LogP contribution in [0.15, 0.2) is 24.3 Å². The third kappa shape index (κ3) is 3.74. The van der Waals surface area contributed by atoms with Crippen LogP contribution in [0.5, 0.6) is 5.75 Å². The van der Waals surface area contributed by atoms with E-state index in [4.69, 9.17) is 9.84 Å². The summed E-state index contributed by atoms with van der Waals surface area (Å²) in [5.41, 5.74) is 0.566. The van der Waals surface area contributed by atoms with Gasteiger partial charge in [-0.05, 0) is 37.3 Å². The molecule has 1 aromatic rings. The minimum absolute atomic E-state index is 0.0834. The lowest BCUT2D eigenvalue weighted by molar-refractivity contribution is 0.0947. The van der Waals surface area contributed by atoms with E-state index in [0.717, 1.165) is 0 Å². The Hall–Kier alpha value is -1.55. The molecule has 0 atom stereocenters. The standard InChI is InChI=1S/C14H19NO3/c16-9-3-8-15-14(17)12-4-1-2-5-13(12)18-10-11-6-7-11/h1-2,4-5,11,16H,3,6-10H2,(H,15,17). The monoisotopic (exact) mass is 249 g/mol. The smallest absolute Gasteiger partial charge is 0.255 e. The van der Waals surface area contributed by atoms with E-state index in [1.807, 2.05) is 18.2 Å². The molecule has 1 saturated carbocycles. The highest BCUT2D eigenvalue weighted by molar-refractivity contribution is 5.96. The number of ether oxygens (including phenoxy) is 1. The Morgan fingerprint density at radius 2 is 2.17 bits per heavy atom. The second kappa shape index (κ2) is 6.40. The summed E-state index contributed by atoms with van der Waals surface area (Å²) in [6, 6.07) is 7.28. The lowest BCUT2D eigenvalue weighted by atomic mass is 10.2. The number of benzene rings is 1. The quantitative estimate of drug-likeness (QED) is 0.721. The van der Waals surface area contributed by atoms with Crippen LogP contribution in [0.25, 0.3) is 0 Å². The highest BCUT2D eigenvalue weighted by Gasteiger charge is 2.22. The second-order valence-electron chi connectivity index (χ2n) is 4.58. The Labute approximate surface area is 107 Å². The van der Waals surface area contributed by atoms with Crippen molar-refractivity contribution >= 4 is 5.91 Å². The normalized spacial score (nSPS) is 14.3. The summed E-state index contributed by atoms with van der Waals surface area (Å²) >= 11 is 0. The number of aliphatic hydroxyl groups excluding tert-OH is 1. The van der Waals surface area contributed by atoms with Crippen LogP contribution < -0.4 is 10.1 Å². The average Bonchev–Trinajstić information content (AvgIpc) is 3.21. The zero-order valence-corrected chi connectivity index (χ0v) is 10.4. The van der Waals surface area contributed by atoms with Gasteiger partial charge in [-0.3, -0.25) is 4.79 Å². The van der Waals surface area contributed by atoms with Gasteiger partial charge in [0.2, 0.25) is 0 Å². The van der Waals surface area contributed by atoms with Gasteiger partial charge < -0.3 is 15.2 Å². The van der Waals surface area contributed by atoms with Crippen LogP contribution in [-0.4, -0.2) is 30.8 Å². The summed E-state index contributed by atoms with van der Waals surface area (Å²) in [5, 5.41) is 11.4. The number of hydrogen-bond acceptors (Lipinski definition) is 3. The van der Waals surface area contributed by atoms with Gasteiger partial charge >= 0.3 is 0 Å². The van der Waals surface area contributed by atoms with Crippen LogP contribution in [0.3, 0.4) is 0 Å². The van der Waals surface area contributed by atoms with Gasteiger partial charge in [-0.1, -0.05) is 12.1 Å². The van der Waals surface area contributed by atoms with E-state index in [-0.39, 0.29) is 12.5 Å². The second-order valence-corrected chi connectivity index (χ2v) is 4.58. The summed E-state index contributed by atoms with van der Waals surface area (Å²) in [5.74, 6) is 1.16. The molecular weight excluding hydrogens is 230 g/mol. The van der Waals surface area contributed by atoms with Crippen LogP contribution in [0.4, 0.5) is 0 Å². The van der Waals surface area contributed by atoms with Crippen molar-refractivity contribution in [1.82, 2.24) is 5.32 Å². The average molecular weight is 249 g/mol. The highest BCUT2D eigenvalue weighted by atomic mass is 16.5. The lowest BCUT2D eigenvalue weighted by Crippen LogP contribution is -2.25. The first-order chi connectivity index (χ1) is 8.81. The SMILES string of the molecule is O=C(NCCCO)c1ccccc1OCC1CC1. The summed E-state index contributed by atoms with van der Waals surface area (Å²) < 4.78 is 5.68. The van der Waals surface area contributed by atoms with Gasteiger partial charge in [-0.25, -0.2) is 0 Å². The Balaban J connectivity index is 1.94. The zero-order chi connectivity index (χ0) is 12.8. The van der Waals surface area contributed by atoms with E-state index >= 15 is 0 Å². The molecule has 1 aromatic carbocycles. The predicted octanol–water partition coefficient (Wildman–Crippen LogP) is 1.59. The first kappa shape index (κ1) is 12.9. The largest absolute Gasteiger partial charge is 0.492 e. The molecule has 0 bridgehead atoms. The van der Waals surface area contributed by atoms with Gasteiger partial charge in [0, 0.05) is 13.2 Å². The van der Waals surface area contributed by atoms with Crippen molar-refractivity contribution in [2.24, 2.45) is 5.92 Å². The van der Waals surface area contributed by atoms with Gasteiger partial charge in [0.1, 0.15) is 5.75 Å². The van der Waals surface area contributed by atoms with Crippen molar-refractivity contribution in [3.8, 4) is 5.75 Å². The number of hydrogen-bond donors (Lipinski definition) is 2. The molecule has 0 radical (unpaired) electrons. The van der Waals surface area contributed by atoms with Crippen LogP contribution in [0.1, 0.15) is 29.6 Å². The van der Waals surface area contributed by atoms with E-state index in [1.165, 1.54) is 12.8 Å². The number of para-hydroxylation sites is 1. The first-order valence-electron chi connectivity index (χ1n) is 6.42. The van der Waals surface area contributed by atoms with Crippen molar-refractivity contribution in [2.45, 2.75) is 19.3 Å². The Morgan fingerprint density at radius 1 is 1.39 bits per heavy atom. The molecular formula is C14H19NO3. The predicted molar refractivity (Wildman–Crippen MR) is 68.7 cm³/mol.